The quantitative estimate of drug-likeness (QED) is 0.475. The van der Waals surface area contributed by atoms with E-state index in [1.165, 1.54) is 11.3 Å². The Morgan fingerprint density at radius 3 is 2.58 bits per heavy atom. The highest BCUT2D eigenvalue weighted by Gasteiger charge is 2.31. The first-order valence-corrected chi connectivity index (χ1v) is 12.1. The van der Waals surface area contributed by atoms with Gasteiger partial charge in [-0.05, 0) is 57.9 Å². The van der Waals surface area contributed by atoms with Gasteiger partial charge >= 0.3 is 5.97 Å². The topological polar surface area (TPSA) is 45.1 Å². The fraction of sp³-hybridized carbons (Fsp3) is 0.333. The van der Waals surface area contributed by atoms with E-state index in [4.69, 9.17) is 4.74 Å². The van der Waals surface area contributed by atoms with Gasteiger partial charge in [0.05, 0.1) is 10.2 Å². The summed E-state index contributed by atoms with van der Waals surface area (Å²) >= 11 is 7.12. The molecular formula is C24H25Br2N3O2. The molecule has 31 heavy (non-hydrogen) atoms. The summed E-state index contributed by atoms with van der Waals surface area (Å²) in [6, 6.07) is 8.51. The van der Waals surface area contributed by atoms with Crippen molar-refractivity contribution >= 4 is 49.2 Å². The summed E-state index contributed by atoms with van der Waals surface area (Å²) in [5.74, 6) is 0.267. The second-order valence-corrected chi connectivity index (χ2v) is 9.45. The van der Waals surface area contributed by atoms with Gasteiger partial charge in [0.15, 0.2) is 5.76 Å². The molecule has 3 aliphatic rings. The van der Waals surface area contributed by atoms with Crippen LogP contribution in [0.4, 0.5) is 5.69 Å². The standard InChI is InChI=1S/C24H25Br2N3O2/c1-2-22(30)31-24-21(26)15-17(20-5-3-4-10-27-23(20)24)16-28-11-13-29(14-12-28)19-8-6-18(25)7-9-19/h3-10,15,20H,2,11-14,16H2,1H3. The van der Waals surface area contributed by atoms with Crippen molar-refractivity contribution in [3.8, 4) is 0 Å². The van der Waals surface area contributed by atoms with Crippen LogP contribution in [0.1, 0.15) is 13.3 Å². The smallest absolute Gasteiger partial charge is 0.311 e. The van der Waals surface area contributed by atoms with E-state index in [2.05, 4.69) is 83.1 Å². The van der Waals surface area contributed by atoms with Crippen LogP contribution in [-0.4, -0.2) is 49.3 Å². The fourth-order valence-electron chi connectivity index (χ4n) is 3.96. The third-order valence-corrected chi connectivity index (χ3v) is 6.76. The maximum absolute atomic E-state index is 11.9. The highest BCUT2D eigenvalue weighted by Crippen LogP contribution is 2.34. The molecule has 7 heteroatoms. The second-order valence-electron chi connectivity index (χ2n) is 7.68. The maximum atomic E-state index is 11.9. The monoisotopic (exact) mass is 545 g/mol. The Kier molecular flexibility index (Phi) is 7.25. The van der Waals surface area contributed by atoms with Crippen molar-refractivity contribution < 1.29 is 9.53 Å². The van der Waals surface area contributed by atoms with Crippen LogP contribution in [0.15, 0.2) is 80.0 Å². The van der Waals surface area contributed by atoms with Gasteiger partial charge in [0, 0.05) is 61.4 Å². The lowest BCUT2D eigenvalue weighted by atomic mass is 9.87. The Labute approximate surface area is 200 Å². The van der Waals surface area contributed by atoms with Crippen molar-refractivity contribution in [2.45, 2.75) is 13.3 Å². The minimum Gasteiger partial charge on any atom is -0.423 e. The normalized spacial score (nSPS) is 21.4. The van der Waals surface area contributed by atoms with Crippen LogP contribution in [0.25, 0.3) is 0 Å². The molecule has 1 atom stereocenters. The van der Waals surface area contributed by atoms with Crippen molar-refractivity contribution in [1.82, 2.24) is 4.90 Å². The number of carbonyl (C=O) groups excluding carboxylic acids is 1. The number of halogens is 2. The molecule has 0 bridgehead atoms. The van der Waals surface area contributed by atoms with E-state index in [-0.39, 0.29) is 11.9 Å². The third-order valence-electron chi connectivity index (χ3n) is 5.64. The SMILES string of the molecule is CCC(=O)OC1=C(Br)C=C(CN2CCN(c3ccc(Br)cc3)CC2)C2C=CC=CN=C12. The zero-order chi connectivity index (χ0) is 21.8. The first-order chi connectivity index (χ1) is 15.0. The summed E-state index contributed by atoms with van der Waals surface area (Å²) in [6.45, 7) is 6.62. The molecule has 0 spiro atoms. The fourth-order valence-corrected chi connectivity index (χ4v) is 4.81. The predicted molar refractivity (Wildman–Crippen MR) is 132 cm³/mol. The molecule has 0 N–H and O–H groups in total. The predicted octanol–water partition coefficient (Wildman–Crippen LogP) is 5.21. The average Bonchev–Trinajstić information content (AvgIpc) is 3.04. The number of ether oxygens (including phenoxy) is 1. The van der Waals surface area contributed by atoms with Crippen molar-refractivity contribution in [2.75, 3.05) is 37.6 Å². The lowest BCUT2D eigenvalue weighted by Gasteiger charge is -2.37. The summed E-state index contributed by atoms with van der Waals surface area (Å²) in [7, 11) is 0. The Morgan fingerprint density at radius 2 is 1.87 bits per heavy atom. The van der Waals surface area contributed by atoms with Crippen LogP contribution in [-0.2, 0) is 9.53 Å². The molecular weight excluding hydrogens is 522 g/mol. The molecule has 0 amide bonds. The van der Waals surface area contributed by atoms with Gasteiger partial charge in [-0.2, -0.15) is 0 Å². The van der Waals surface area contributed by atoms with Crippen LogP contribution in [0.3, 0.4) is 0 Å². The minimum absolute atomic E-state index is 0.000425. The van der Waals surface area contributed by atoms with E-state index < -0.39 is 0 Å². The molecule has 2 heterocycles. The first kappa shape index (κ1) is 22.2. The minimum atomic E-state index is -0.258. The van der Waals surface area contributed by atoms with Crippen molar-refractivity contribution in [1.29, 1.82) is 0 Å². The zero-order valence-corrected chi connectivity index (χ0v) is 20.6. The molecule has 4 rings (SSSR count). The third kappa shape index (κ3) is 5.27. The summed E-state index contributed by atoms with van der Waals surface area (Å²) in [5, 5.41) is 0. The number of piperazine rings is 1. The van der Waals surface area contributed by atoms with E-state index in [9.17, 15) is 4.79 Å². The lowest BCUT2D eigenvalue weighted by molar-refractivity contribution is -0.138. The van der Waals surface area contributed by atoms with Gasteiger partial charge in [-0.15, -0.1) is 0 Å². The Morgan fingerprint density at radius 1 is 1.13 bits per heavy atom. The Balaban J connectivity index is 1.48. The number of hydrogen-bond acceptors (Lipinski definition) is 5. The van der Waals surface area contributed by atoms with Crippen LogP contribution in [0.5, 0.6) is 0 Å². The van der Waals surface area contributed by atoms with Gasteiger partial charge in [0.1, 0.15) is 0 Å². The van der Waals surface area contributed by atoms with Crippen LogP contribution in [0.2, 0.25) is 0 Å². The van der Waals surface area contributed by atoms with E-state index in [0.717, 1.165) is 47.4 Å². The average molecular weight is 547 g/mol. The van der Waals surface area contributed by atoms with Crippen LogP contribution in [0, 0.1) is 5.92 Å². The number of nitrogens with zero attached hydrogens (tertiary/aromatic N) is 3. The van der Waals surface area contributed by atoms with Gasteiger partial charge in [0.25, 0.3) is 0 Å². The number of allylic oxidation sites excluding steroid dienone is 6. The molecule has 0 aromatic heterocycles. The van der Waals surface area contributed by atoms with Crippen molar-refractivity contribution in [3.05, 3.63) is 75.1 Å². The number of aliphatic imine (C=N–C) groups is 1. The molecule has 0 saturated carbocycles. The Hall–Kier alpha value is -1.96. The second kappa shape index (κ2) is 10.1. The summed E-state index contributed by atoms with van der Waals surface area (Å²) in [6.07, 6.45) is 10.2. The van der Waals surface area contributed by atoms with Gasteiger partial charge in [-0.1, -0.05) is 35.0 Å². The Bertz CT molecular complexity index is 985. The van der Waals surface area contributed by atoms with Crippen LogP contribution < -0.4 is 4.90 Å². The number of rotatable bonds is 5. The number of hydrogen-bond donors (Lipinski definition) is 0. The molecule has 1 aromatic carbocycles. The van der Waals surface area contributed by atoms with E-state index >= 15 is 0 Å². The maximum Gasteiger partial charge on any atom is 0.311 e. The molecule has 162 valence electrons. The number of anilines is 1. The molecule has 2 aliphatic heterocycles. The van der Waals surface area contributed by atoms with Crippen molar-refractivity contribution in [2.24, 2.45) is 10.9 Å². The van der Waals surface area contributed by atoms with E-state index in [1.54, 1.807) is 13.1 Å². The largest absolute Gasteiger partial charge is 0.423 e. The van der Waals surface area contributed by atoms with Crippen LogP contribution >= 0.6 is 31.9 Å². The summed E-state index contributed by atoms with van der Waals surface area (Å²) in [5.41, 5.74) is 3.30. The molecule has 5 nitrogen and oxygen atoms in total. The first-order valence-electron chi connectivity index (χ1n) is 10.5. The van der Waals surface area contributed by atoms with Gasteiger partial charge < -0.3 is 9.64 Å². The molecule has 1 unspecified atom stereocenters. The van der Waals surface area contributed by atoms with E-state index in [0.29, 0.717) is 12.2 Å². The highest BCUT2D eigenvalue weighted by molar-refractivity contribution is 9.12. The van der Waals surface area contributed by atoms with E-state index in [1.807, 2.05) is 12.2 Å². The number of benzene rings is 1. The summed E-state index contributed by atoms with van der Waals surface area (Å²) < 4.78 is 7.49. The molecule has 1 saturated heterocycles. The van der Waals surface area contributed by atoms with Gasteiger partial charge in [-0.25, -0.2) is 0 Å². The molecule has 1 aromatic rings. The molecule has 0 radical (unpaired) electrons. The summed E-state index contributed by atoms with van der Waals surface area (Å²) in [4.78, 5) is 21.5. The highest BCUT2D eigenvalue weighted by atomic mass is 79.9. The number of esters is 1. The van der Waals surface area contributed by atoms with Gasteiger partial charge in [-0.3, -0.25) is 14.7 Å². The zero-order valence-electron chi connectivity index (χ0n) is 17.4. The number of carbonyl (C=O) groups is 1. The molecule has 1 aliphatic carbocycles. The number of fused-ring (bicyclic) bond motifs is 1. The van der Waals surface area contributed by atoms with Gasteiger partial charge in [0.2, 0.25) is 0 Å². The van der Waals surface area contributed by atoms with Crippen molar-refractivity contribution in [3.63, 3.8) is 0 Å². The molecule has 1 fully saturated rings. The lowest BCUT2D eigenvalue weighted by Crippen LogP contribution is -2.47.